The summed E-state index contributed by atoms with van der Waals surface area (Å²) in [6.45, 7) is 7.51. The predicted molar refractivity (Wildman–Crippen MR) is 80.0 cm³/mol. The average Bonchev–Trinajstić information content (AvgIpc) is 2.62. The van der Waals surface area contributed by atoms with E-state index in [9.17, 15) is 4.79 Å². The molecule has 0 N–H and O–H groups in total. The number of nitrogens with zero attached hydrogens (tertiary/aromatic N) is 3. The number of carbonyl (C=O) groups is 1. The van der Waals surface area contributed by atoms with E-state index in [0.29, 0.717) is 28.3 Å². The monoisotopic (exact) mass is 311 g/mol. The smallest absolute Gasteiger partial charge is 0.358 e. The molecule has 2 heterocycles. The minimum atomic E-state index is -0.470. The first-order chi connectivity index (χ1) is 9.86. The van der Waals surface area contributed by atoms with Gasteiger partial charge in [0, 0.05) is 7.05 Å². The van der Waals surface area contributed by atoms with Gasteiger partial charge in [0.05, 0.1) is 18.1 Å². The first-order valence-electron chi connectivity index (χ1n) is 6.73. The summed E-state index contributed by atoms with van der Waals surface area (Å²) in [5, 5.41) is 0.792. The number of esters is 1. The van der Waals surface area contributed by atoms with Gasteiger partial charge in [-0.2, -0.15) is 0 Å². The second-order valence-corrected chi connectivity index (χ2v) is 5.24. The zero-order valence-corrected chi connectivity index (χ0v) is 13.5. The van der Waals surface area contributed by atoms with E-state index < -0.39 is 5.97 Å². The van der Waals surface area contributed by atoms with Gasteiger partial charge in [-0.05, 0) is 27.7 Å². The molecule has 114 valence electrons. The van der Waals surface area contributed by atoms with Crippen molar-refractivity contribution in [2.45, 2.75) is 33.8 Å². The fourth-order valence-electron chi connectivity index (χ4n) is 2.12. The Bertz CT molecular complexity index is 695. The molecule has 2 aromatic rings. The van der Waals surface area contributed by atoms with Crippen LogP contribution in [0.5, 0.6) is 5.75 Å². The molecule has 0 saturated carbocycles. The van der Waals surface area contributed by atoms with Crippen LogP contribution in [0.4, 0.5) is 0 Å². The van der Waals surface area contributed by atoms with E-state index in [1.165, 1.54) is 0 Å². The Hall–Kier alpha value is -1.82. The van der Waals surface area contributed by atoms with Crippen molar-refractivity contribution < 1.29 is 14.3 Å². The highest BCUT2D eigenvalue weighted by Crippen LogP contribution is 2.36. The maximum atomic E-state index is 12.2. The quantitative estimate of drug-likeness (QED) is 0.641. The molecule has 0 radical (unpaired) electrons. The molecular weight excluding hydrogens is 294 g/mol. The molecule has 0 amide bonds. The number of rotatable bonds is 4. The number of aryl methyl sites for hydroxylation is 2. The van der Waals surface area contributed by atoms with Crippen molar-refractivity contribution in [3.63, 3.8) is 0 Å². The molecule has 0 aliphatic heterocycles. The molecule has 0 fully saturated rings. The number of fused-ring (bicyclic) bond motifs is 1. The lowest BCUT2D eigenvalue weighted by Gasteiger charge is -2.11. The highest BCUT2D eigenvalue weighted by Gasteiger charge is 2.27. The normalized spacial score (nSPS) is 11.2. The molecule has 0 saturated heterocycles. The molecule has 2 rings (SSSR count). The molecule has 0 bridgehead atoms. The molecule has 6 nitrogen and oxygen atoms in total. The van der Waals surface area contributed by atoms with E-state index >= 15 is 0 Å². The van der Waals surface area contributed by atoms with Crippen molar-refractivity contribution in [3.8, 4) is 5.75 Å². The van der Waals surface area contributed by atoms with Crippen molar-refractivity contribution in [1.82, 2.24) is 14.5 Å². The Morgan fingerprint density at radius 2 is 2.05 bits per heavy atom. The first-order valence-corrected chi connectivity index (χ1v) is 7.10. The summed E-state index contributed by atoms with van der Waals surface area (Å²) in [6.07, 6.45) is -0.124. The Morgan fingerprint density at radius 3 is 2.62 bits per heavy atom. The summed E-state index contributed by atoms with van der Waals surface area (Å²) in [4.78, 5) is 20.7. The van der Waals surface area contributed by atoms with Crippen LogP contribution in [0.2, 0.25) is 5.15 Å². The van der Waals surface area contributed by atoms with E-state index in [4.69, 9.17) is 21.1 Å². The zero-order valence-electron chi connectivity index (χ0n) is 12.7. The van der Waals surface area contributed by atoms with Crippen LogP contribution in [0.15, 0.2) is 0 Å². The summed E-state index contributed by atoms with van der Waals surface area (Å²) >= 11 is 6.22. The number of ether oxygens (including phenoxy) is 2. The standard InChI is InChI=1S/C14H18ClN3O3/c1-6-20-14(19)10-11(21-7(2)3)9-12(15)16-8(4)17-13(9)18(10)5/h7H,6H2,1-5H3. The second-order valence-electron chi connectivity index (χ2n) is 4.88. The topological polar surface area (TPSA) is 66.2 Å². The Morgan fingerprint density at radius 1 is 1.38 bits per heavy atom. The van der Waals surface area contributed by atoms with Crippen LogP contribution in [0.1, 0.15) is 37.1 Å². The summed E-state index contributed by atoms with van der Waals surface area (Å²) in [5.41, 5.74) is 0.841. The average molecular weight is 312 g/mol. The lowest BCUT2D eigenvalue weighted by atomic mass is 10.3. The van der Waals surface area contributed by atoms with Crippen LogP contribution in [-0.4, -0.2) is 33.2 Å². The Kier molecular flexibility index (Phi) is 4.37. The van der Waals surface area contributed by atoms with E-state index in [-0.39, 0.29) is 17.9 Å². The van der Waals surface area contributed by atoms with Gasteiger partial charge >= 0.3 is 5.97 Å². The fraction of sp³-hybridized carbons (Fsp3) is 0.500. The van der Waals surface area contributed by atoms with Gasteiger partial charge in [-0.3, -0.25) is 0 Å². The number of halogens is 1. The van der Waals surface area contributed by atoms with Crippen molar-refractivity contribution in [1.29, 1.82) is 0 Å². The highest BCUT2D eigenvalue weighted by molar-refractivity contribution is 6.35. The molecule has 2 aromatic heterocycles. The fourth-order valence-corrected chi connectivity index (χ4v) is 2.41. The summed E-state index contributed by atoms with van der Waals surface area (Å²) < 4.78 is 12.5. The largest absolute Gasteiger partial charge is 0.488 e. The van der Waals surface area contributed by atoms with Gasteiger partial charge in [-0.15, -0.1) is 0 Å². The van der Waals surface area contributed by atoms with Gasteiger partial charge in [0.15, 0.2) is 11.4 Å². The third kappa shape index (κ3) is 2.81. The minimum absolute atomic E-state index is 0.124. The van der Waals surface area contributed by atoms with Gasteiger partial charge in [-0.1, -0.05) is 11.6 Å². The van der Waals surface area contributed by atoms with Gasteiger partial charge < -0.3 is 14.0 Å². The van der Waals surface area contributed by atoms with E-state index in [2.05, 4.69) is 9.97 Å². The molecule has 21 heavy (non-hydrogen) atoms. The molecule has 0 unspecified atom stereocenters. The van der Waals surface area contributed by atoms with Crippen LogP contribution in [0.25, 0.3) is 11.0 Å². The lowest BCUT2D eigenvalue weighted by Crippen LogP contribution is -2.14. The minimum Gasteiger partial charge on any atom is -0.488 e. The second kappa shape index (κ2) is 5.89. The molecule has 0 aliphatic carbocycles. The van der Waals surface area contributed by atoms with E-state index in [1.54, 1.807) is 25.5 Å². The number of carbonyl (C=O) groups excluding carboxylic acids is 1. The van der Waals surface area contributed by atoms with E-state index in [0.717, 1.165) is 0 Å². The van der Waals surface area contributed by atoms with Crippen molar-refractivity contribution in [2.75, 3.05) is 6.61 Å². The molecule has 0 atom stereocenters. The number of aromatic nitrogens is 3. The maximum Gasteiger partial charge on any atom is 0.358 e. The lowest BCUT2D eigenvalue weighted by molar-refractivity contribution is 0.0509. The van der Waals surface area contributed by atoms with Crippen LogP contribution in [0, 0.1) is 6.92 Å². The van der Waals surface area contributed by atoms with Crippen molar-refractivity contribution in [2.24, 2.45) is 7.05 Å². The van der Waals surface area contributed by atoms with Crippen LogP contribution in [-0.2, 0) is 11.8 Å². The number of hydrogen-bond donors (Lipinski definition) is 0. The molecule has 0 spiro atoms. The van der Waals surface area contributed by atoms with Gasteiger partial charge in [0.2, 0.25) is 0 Å². The number of hydrogen-bond acceptors (Lipinski definition) is 5. The third-order valence-electron chi connectivity index (χ3n) is 2.88. The zero-order chi connectivity index (χ0) is 15.7. The van der Waals surface area contributed by atoms with Crippen molar-refractivity contribution in [3.05, 3.63) is 16.7 Å². The van der Waals surface area contributed by atoms with E-state index in [1.807, 2.05) is 13.8 Å². The van der Waals surface area contributed by atoms with Crippen molar-refractivity contribution >= 4 is 28.6 Å². The van der Waals surface area contributed by atoms with Crippen LogP contribution in [0.3, 0.4) is 0 Å². The van der Waals surface area contributed by atoms with Gasteiger partial charge in [0.25, 0.3) is 0 Å². The Balaban J connectivity index is 2.79. The molecule has 7 heteroatoms. The molecular formula is C14H18ClN3O3. The Labute approximate surface area is 128 Å². The third-order valence-corrected chi connectivity index (χ3v) is 3.15. The summed E-state index contributed by atoms with van der Waals surface area (Å²) in [7, 11) is 1.73. The van der Waals surface area contributed by atoms with Gasteiger partial charge in [-0.25, -0.2) is 14.8 Å². The van der Waals surface area contributed by atoms with Crippen LogP contribution < -0.4 is 4.74 Å². The highest BCUT2D eigenvalue weighted by atomic mass is 35.5. The maximum absolute atomic E-state index is 12.2. The predicted octanol–water partition coefficient (Wildman–Crippen LogP) is 2.89. The SMILES string of the molecule is CCOC(=O)c1c(OC(C)C)c2c(Cl)nc(C)nc2n1C. The summed E-state index contributed by atoms with van der Waals surface area (Å²) in [5.74, 6) is 0.424. The van der Waals surface area contributed by atoms with Gasteiger partial charge in [0.1, 0.15) is 16.6 Å². The van der Waals surface area contributed by atoms with Crippen LogP contribution >= 0.6 is 11.6 Å². The molecule has 0 aliphatic rings. The first kappa shape index (κ1) is 15.6. The molecule has 0 aromatic carbocycles. The summed E-state index contributed by atoms with van der Waals surface area (Å²) in [6, 6.07) is 0.